The third-order valence-corrected chi connectivity index (χ3v) is 4.30. The van der Waals surface area contributed by atoms with Gasteiger partial charge in [0.15, 0.2) is 5.82 Å². The molecule has 3 aromatic rings. The van der Waals surface area contributed by atoms with E-state index < -0.39 is 0 Å². The number of nitrogens with zero attached hydrogens (tertiary/aromatic N) is 3. The average Bonchev–Trinajstić information content (AvgIpc) is 2.67. The second-order valence-corrected chi connectivity index (χ2v) is 6.31. The Kier molecular flexibility index (Phi) is 5.44. The normalized spacial score (nSPS) is 11.9. The maximum Gasteiger partial charge on any atom is 0.273 e. The fraction of sp³-hybridized carbons (Fsp3) is 0.143. The highest BCUT2D eigenvalue weighted by molar-refractivity contribution is 6.47. The first-order valence-electron chi connectivity index (χ1n) is 8.63. The van der Waals surface area contributed by atoms with E-state index in [1.54, 1.807) is 12.3 Å². The molecule has 0 radical (unpaired) electrons. The minimum atomic E-state index is -0.348. The summed E-state index contributed by atoms with van der Waals surface area (Å²) < 4.78 is 13.5. The van der Waals surface area contributed by atoms with Gasteiger partial charge in [-0.3, -0.25) is 9.79 Å². The summed E-state index contributed by atoms with van der Waals surface area (Å²) in [7, 11) is 1.52. The van der Waals surface area contributed by atoms with Crippen LogP contribution in [0, 0.1) is 19.7 Å². The molecular formula is C21H20FN5O. The second-order valence-electron chi connectivity index (χ2n) is 6.31. The molecule has 0 atom stereocenters. The van der Waals surface area contributed by atoms with Crippen molar-refractivity contribution in [1.82, 2.24) is 9.97 Å². The lowest BCUT2D eigenvalue weighted by molar-refractivity contribution is -0.110. The van der Waals surface area contributed by atoms with E-state index >= 15 is 0 Å². The Hall–Kier alpha value is -3.61. The topological polar surface area (TPSA) is 93.3 Å². The number of halogens is 1. The van der Waals surface area contributed by atoms with E-state index in [4.69, 9.17) is 5.73 Å². The molecule has 1 amide bonds. The van der Waals surface area contributed by atoms with Crippen molar-refractivity contribution in [3.8, 4) is 11.4 Å². The highest BCUT2D eigenvalue weighted by atomic mass is 19.1. The molecule has 1 aromatic heterocycles. The average molecular weight is 377 g/mol. The van der Waals surface area contributed by atoms with Gasteiger partial charge in [0.2, 0.25) is 0 Å². The summed E-state index contributed by atoms with van der Waals surface area (Å²) >= 11 is 0. The summed E-state index contributed by atoms with van der Waals surface area (Å²) in [6, 6.07) is 8.36. The van der Waals surface area contributed by atoms with Crippen molar-refractivity contribution in [3.63, 3.8) is 0 Å². The van der Waals surface area contributed by atoms with Crippen LogP contribution in [0.25, 0.3) is 22.3 Å². The number of amides is 1. The summed E-state index contributed by atoms with van der Waals surface area (Å²) in [5.74, 6) is -0.124. The third kappa shape index (κ3) is 3.88. The maximum atomic E-state index is 13.5. The highest BCUT2D eigenvalue weighted by Gasteiger charge is 2.12. The number of rotatable bonds is 4. The Balaban J connectivity index is 1.92. The van der Waals surface area contributed by atoms with Gasteiger partial charge >= 0.3 is 0 Å². The predicted molar refractivity (Wildman–Crippen MR) is 110 cm³/mol. The molecule has 0 bridgehead atoms. The number of benzene rings is 2. The molecule has 3 N–H and O–H groups in total. The molecule has 0 aliphatic carbocycles. The van der Waals surface area contributed by atoms with Crippen LogP contribution in [0.3, 0.4) is 0 Å². The van der Waals surface area contributed by atoms with Gasteiger partial charge < -0.3 is 11.1 Å². The minimum Gasteiger partial charge on any atom is -0.405 e. The summed E-state index contributed by atoms with van der Waals surface area (Å²) in [5.41, 5.74) is 9.31. The lowest BCUT2D eigenvalue weighted by Crippen LogP contribution is -2.22. The zero-order valence-electron chi connectivity index (χ0n) is 15.8. The van der Waals surface area contributed by atoms with E-state index in [9.17, 15) is 9.18 Å². The first-order valence-corrected chi connectivity index (χ1v) is 8.63. The lowest BCUT2D eigenvalue weighted by atomic mass is 10.1. The molecule has 0 aliphatic heterocycles. The molecule has 0 saturated heterocycles. The van der Waals surface area contributed by atoms with Gasteiger partial charge in [-0.1, -0.05) is 0 Å². The number of fused-ring (bicyclic) bond motifs is 1. The lowest BCUT2D eigenvalue weighted by Gasteiger charge is -2.10. The van der Waals surface area contributed by atoms with E-state index in [1.165, 1.54) is 31.5 Å². The summed E-state index contributed by atoms with van der Waals surface area (Å²) in [6.07, 6.45) is 4.32. The van der Waals surface area contributed by atoms with E-state index in [0.717, 1.165) is 16.7 Å². The van der Waals surface area contributed by atoms with Crippen molar-refractivity contribution in [2.45, 2.75) is 13.8 Å². The number of nitrogens with two attached hydrogens (primary N) is 1. The number of aryl methyl sites for hydroxylation is 2. The molecule has 28 heavy (non-hydrogen) atoms. The van der Waals surface area contributed by atoms with Gasteiger partial charge in [-0.25, -0.2) is 14.4 Å². The van der Waals surface area contributed by atoms with Crippen molar-refractivity contribution < 1.29 is 9.18 Å². The van der Waals surface area contributed by atoms with Crippen LogP contribution in [-0.2, 0) is 4.79 Å². The predicted octanol–water partition coefficient (Wildman–Crippen LogP) is 3.53. The number of hydrogen-bond donors (Lipinski definition) is 2. The maximum absolute atomic E-state index is 13.5. The standard InChI is InChI=1S/C21H20FN5O/c1-12-8-14(4-5-17(12)26-21(28)18(24-3)6-7-23)20-25-11-15-10-16(22)9-13(2)19(15)27-20/h4-11H,23H2,1-3H3,(H,26,28). The van der Waals surface area contributed by atoms with E-state index in [2.05, 4.69) is 20.3 Å². The molecular weight excluding hydrogens is 357 g/mol. The molecule has 6 nitrogen and oxygen atoms in total. The second kappa shape index (κ2) is 7.96. The van der Waals surface area contributed by atoms with Crippen LogP contribution in [0.2, 0.25) is 0 Å². The van der Waals surface area contributed by atoms with Crippen LogP contribution >= 0.6 is 0 Å². The van der Waals surface area contributed by atoms with Crippen LogP contribution in [0.1, 0.15) is 11.1 Å². The van der Waals surface area contributed by atoms with Crippen LogP contribution in [0.5, 0.6) is 0 Å². The summed E-state index contributed by atoms with van der Waals surface area (Å²) in [5, 5.41) is 3.46. The SMILES string of the molecule is CN=C(C=CN)C(=O)Nc1ccc(-c2ncc3cc(F)cc(C)c3n2)cc1C. The molecule has 0 spiro atoms. The molecule has 0 fully saturated rings. The van der Waals surface area contributed by atoms with Crippen molar-refractivity contribution in [2.75, 3.05) is 12.4 Å². The summed E-state index contributed by atoms with van der Waals surface area (Å²) in [4.78, 5) is 25.1. The van der Waals surface area contributed by atoms with Gasteiger partial charge in [0, 0.05) is 29.9 Å². The van der Waals surface area contributed by atoms with Gasteiger partial charge in [-0.05, 0) is 67.6 Å². The number of carbonyl (C=O) groups is 1. The smallest absolute Gasteiger partial charge is 0.273 e. The van der Waals surface area contributed by atoms with Crippen molar-refractivity contribution in [2.24, 2.45) is 10.7 Å². The van der Waals surface area contributed by atoms with Crippen LogP contribution < -0.4 is 11.1 Å². The van der Waals surface area contributed by atoms with E-state index in [1.807, 2.05) is 26.0 Å². The largest absolute Gasteiger partial charge is 0.405 e. The molecule has 2 aromatic carbocycles. The monoisotopic (exact) mass is 377 g/mol. The first-order chi connectivity index (χ1) is 13.4. The number of aliphatic imine (C=N–C) groups is 1. The quantitative estimate of drug-likeness (QED) is 0.680. The minimum absolute atomic E-state index is 0.228. The van der Waals surface area contributed by atoms with Crippen LogP contribution in [0.4, 0.5) is 10.1 Å². The number of carbonyl (C=O) groups excluding carboxylic acids is 1. The zero-order valence-corrected chi connectivity index (χ0v) is 15.8. The third-order valence-electron chi connectivity index (χ3n) is 4.30. The van der Waals surface area contributed by atoms with Crippen molar-refractivity contribution >= 4 is 28.2 Å². The van der Waals surface area contributed by atoms with Gasteiger partial charge in [-0.2, -0.15) is 0 Å². The van der Waals surface area contributed by atoms with Crippen molar-refractivity contribution in [3.05, 3.63) is 65.7 Å². The van der Waals surface area contributed by atoms with E-state index in [0.29, 0.717) is 22.4 Å². The number of nitrogens with one attached hydrogen (secondary N) is 1. The fourth-order valence-electron chi connectivity index (χ4n) is 2.89. The Labute approximate surface area is 162 Å². The first kappa shape index (κ1) is 19.2. The van der Waals surface area contributed by atoms with Gasteiger partial charge in [0.05, 0.1) is 5.52 Å². The Morgan fingerprint density at radius 2 is 2.00 bits per heavy atom. The summed E-state index contributed by atoms with van der Waals surface area (Å²) in [6.45, 7) is 3.69. The molecule has 142 valence electrons. The Bertz CT molecular complexity index is 1120. The molecule has 1 heterocycles. The molecule has 0 aliphatic rings. The van der Waals surface area contributed by atoms with Gasteiger partial charge in [0.25, 0.3) is 5.91 Å². The molecule has 0 unspecified atom stereocenters. The number of anilines is 1. The van der Waals surface area contributed by atoms with E-state index in [-0.39, 0.29) is 17.4 Å². The van der Waals surface area contributed by atoms with Crippen molar-refractivity contribution in [1.29, 1.82) is 0 Å². The molecule has 3 rings (SSSR count). The van der Waals surface area contributed by atoms with Gasteiger partial charge in [-0.15, -0.1) is 0 Å². The van der Waals surface area contributed by atoms with Crippen LogP contribution in [0.15, 0.2) is 53.8 Å². The highest BCUT2D eigenvalue weighted by Crippen LogP contribution is 2.25. The number of aromatic nitrogens is 2. The zero-order chi connectivity index (χ0) is 20.3. The molecule has 0 saturated carbocycles. The van der Waals surface area contributed by atoms with Crippen LogP contribution in [-0.4, -0.2) is 28.6 Å². The number of hydrogen-bond acceptors (Lipinski definition) is 5. The Morgan fingerprint density at radius 3 is 2.68 bits per heavy atom. The Morgan fingerprint density at radius 1 is 1.21 bits per heavy atom. The fourth-order valence-corrected chi connectivity index (χ4v) is 2.89. The van der Waals surface area contributed by atoms with Gasteiger partial charge in [0.1, 0.15) is 11.5 Å². The molecule has 7 heteroatoms.